The van der Waals surface area contributed by atoms with Crippen molar-refractivity contribution < 1.29 is 14.0 Å². The second-order valence-electron chi connectivity index (χ2n) is 7.76. The van der Waals surface area contributed by atoms with Gasteiger partial charge in [-0.3, -0.25) is 0 Å². The number of unbranched alkanes of at least 4 members (excludes halogenated alkanes) is 5. The first-order valence-electron chi connectivity index (χ1n) is 10.4. The lowest BCUT2D eigenvalue weighted by Gasteiger charge is -2.29. The van der Waals surface area contributed by atoms with Gasteiger partial charge in [-0.2, -0.15) is 0 Å². The highest BCUT2D eigenvalue weighted by Gasteiger charge is 2.24. The van der Waals surface area contributed by atoms with Gasteiger partial charge in [-0.05, 0) is 12.8 Å². The van der Waals surface area contributed by atoms with E-state index in [4.69, 9.17) is 9.47 Å². The predicted octanol–water partition coefficient (Wildman–Crippen LogP) is 5.43. The van der Waals surface area contributed by atoms with Gasteiger partial charge in [0.1, 0.15) is 0 Å². The normalized spacial score (nSPS) is 22.0. The van der Waals surface area contributed by atoms with E-state index in [0.29, 0.717) is 11.8 Å². The molecule has 3 heteroatoms. The summed E-state index contributed by atoms with van der Waals surface area (Å²) in [6.45, 7) is 9.54. The van der Waals surface area contributed by atoms with E-state index in [1.165, 1.54) is 51.4 Å². The minimum atomic E-state index is -0.181. The van der Waals surface area contributed by atoms with Gasteiger partial charge in [0.25, 0.3) is 0 Å². The Bertz CT molecular complexity index is 452. The predicted molar refractivity (Wildman–Crippen MR) is 102 cm³/mol. The van der Waals surface area contributed by atoms with Crippen LogP contribution in [0.4, 0.5) is 0 Å². The lowest BCUT2D eigenvalue weighted by molar-refractivity contribution is -0.703. The molecule has 1 unspecified atom stereocenters. The van der Waals surface area contributed by atoms with E-state index in [0.717, 1.165) is 25.3 Å². The van der Waals surface area contributed by atoms with Crippen molar-refractivity contribution in [3.05, 3.63) is 30.1 Å². The molecule has 142 valence electrons. The zero-order valence-electron chi connectivity index (χ0n) is 16.6. The lowest BCUT2D eigenvalue weighted by Crippen LogP contribution is -2.36. The van der Waals surface area contributed by atoms with Crippen LogP contribution in [0.2, 0.25) is 0 Å². The van der Waals surface area contributed by atoms with Crippen LogP contribution in [0, 0.1) is 11.8 Å². The van der Waals surface area contributed by atoms with Crippen LogP contribution in [0.15, 0.2) is 24.5 Å². The van der Waals surface area contributed by atoms with Crippen molar-refractivity contribution in [2.75, 3.05) is 13.2 Å². The van der Waals surface area contributed by atoms with Gasteiger partial charge in [0.2, 0.25) is 0 Å². The van der Waals surface area contributed by atoms with E-state index < -0.39 is 0 Å². The molecule has 2 rings (SSSR count). The van der Waals surface area contributed by atoms with E-state index in [2.05, 4.69) is 49.9 Å². The van der Waals surface area contributed by atoms with Crippen molar-refractivity contribution in [3.63, 3.8) is 0 Å². The number of rotatable bonds is 11. The molecule has 0 amide bonds. The molecule has 1 aromatic heterocycles. The third-order valence-electron chi connectivity index (χ3n) is 5.34. The quantitative estimate of drug-likeness (QED) is 0.393. The molecular formula is C22H38NO2+. The second-order valence-corrected chi connectivity index (χ2v) is 7.76. The molecule has 0 aromatic carbocycles. The van der Waals surface area contributed by atoms with Gasteiger partial charge in [-0.25, -0.2) is 4.57 Å². The Labute approximate surface area is 154 Å². The number of nitrogens with zero attached hydrogens (tertiary/aromatic N) is 1. The van der Waals surface area contributed by atoms with E-state index in [1.54, 1.807) is 0 Å². The molecule has 1 saturated heterocycles. The lowest BCUT2D eigenvalue weighted by atomic mass is 10.0. The Morgan fingerprint density at radius 2 is 1.64 bits per heavy atom. The minimum Gasteiger partial charge on any atom is -0.348 e. The molecule has 0 saturated carbocycles. The fourth-order valence-corrected chi connectivity index (χ4v) is 3.35. The summed E-state index contributed by atoms with van der Waals surface area (Å²) in [7, 11) is 0. The van der Waals surface area contributed by atoms with Crippen LogP contribution in [0.3, 0.4) is 0 Å². The zero-order valence-corrected chi connectivity index (χ0v) is 16.6. The Morgan fingerprint density at radius 1 is 1.00 bits per heavy atom. The SMILES string of the molecule is CCCCCCCCC1COC(c2cc[n+](CC(C)CC)cc2)OC1. The van der Waals surface area contributed by atoms with Crippen molar-refractivity contribution in [1.82, 2.24) is 0 Å². The Balaban J connectivity index is 1.66. The molecule has 1 fully saturated rings. The summed E-state index contributed by atoms with van der Waals surface area (Å²) in [5.41, 5.74) is 1.14. The van der Waals surface area contributed by atoms with Gasteiger partial charge in [0, 0.05) is 29.5 Å². The number of pyridine rings is 1. The average molecular weight is 349 g/mol. The average Bonchev–Trinajstić information content (AvgIpc) is 2.65. The topological polar surface area (TPSA) is 22.3 Å². The minimum absolute atomic E-state index is 0.181. The fourth-order valence-electron chi connectivity index (χ4n) is 3.35. The third-order valence-corrected chi connectivity index (χ3v) is 5.34. The van der Waals surface area contributed by atoms with Crippen LogP contribution in [-0.4, -0.2) is 13.2 Å². The van der Waals surface area contributed by atoms with Crippen LogP contribution < -0.4 is 4.57 Å². The molecule has 1 aliphatic heterocycles. The van der Waals surface area contributed by atoms with Gasteiger partial charge < -0.3 is 9.47 Å². The highest BCUT2D eigenvalue weighted by atomic mass is 16.7. The van der Waals surface area contributed by atoms with Crippen LogP contribution in [-0.2, 0) is 16.0 Å². The highest BCUT2D eigenvalue weighted by Crippen LogP contribution is 2.26. The van der Waals surface area contributed by atoms with E-state index in [-0.39, 0.29) is 6.29 Å². The Hall–Kier alpha value is -0.930. The summed E-state index contributed by atoms with van der Waals surface area (Å²) < 4.78 is 14.2. The second kappa shape index (κ2) is 11.6. The molecule has 25 heavy (non-hydrogen) atoms. The molecule has 2 heterocycles. The van der Waals surface area contributed by atoms with Crippen molar-refractivity contribution in [3.8, 4) is 0 Å². The van der Waals surface area contributed by atoms with E-state index in [1.807, 2.05) is 0 Å². The van der Waals surface area contributed by atoms with Gasteiger partial charge in [-0.1, -0.05) is 59.3 Å². The van der Waals surface area contributed by atoms with E-state index >= 15 is 0 Å². The maximum absolute atomic E-state index is 5.98. The van der Waals surface area contributed by atoms with Crippen molar-refractivity contribution >= 4 is 0 Å². The van der Waals surface area contributed by atoms with Crippen molar-refractivity contribution in [1.29, 1.82) is 0 Å². The summed E-state index contributed by atoms with van der Waals surface area (Å²) in [5.74, 6) is 1.28. The summed E-state index contributed by atoms with van der Waals surface area (Å²) in [5, 5.41) is 0. The summed E-state index contributed by atoms with van der Waals surface area (Å²) in [6.07, 6.45) is 14.7. The van der Waals surface area contributed by atoms with Gasteiger partial charge in [-0.15, -0.1) is 0 Å². The summed E-state index contributed by atoms with van der Waals surface area (Å²) in [6, 6.07) is 4.28. The number of hydrogen-bond acceptors (Lipinski definition) is 2. The smallest absolute Gasteiger partial charge is 0.184 e. The van der Waals surface area contributed by atoms with Crippen LogP contribution >= 0.6 is 0 Å². The van der Waals surface area contributed by atoms with Gasteiger partial charge in [0.15, 0.2) is 25.2 Å². The maximum atomic E-state index is 5.98. The number of aromatic nitrogens is 1. The molecule has 3 nitrogen and oxygen atoms in total. The van der Waals surface area contributed by atoms with E-state index in [9.17, 15) is 0 Å². The molecule has 1 aliphatic rings. The molecule has 1 aromatic rings. The number of hydrogen-bond donors (Lipinski definition) is 0. The van der Waals surface area contributed by atoms with Crippen LogP contribution in [0.25, 0.3) is 0 Å². The van der Waals surface area contributed by atoms with Gasteiger partial charge >= 0.3 is 0 Å². The first kappa shape index (κ1) is 20.4. The first-order chi connectivity index (χ1) is 12.2. The zero-order chi connectivity index (χ0) is 17.9. The number of ether oxygens (including phenoxy) is 2. The molecule has 0 N–H and O–H groups in total. The maximum Gasteiger partial charge on any atom is 0.184 e. The summed E-state index contributed by atoms with van der Waals surface area (Å²) >= 11 is 0. The largest absolute Gasteiger partial charge is 0.348 e. The van der Waals surface area contributed by atoms with Crippen LogP contribution in [0.5, 0.6) is 0 Å². The molecular weight excluding hydrogens is 310 g/mol. The van der Waals surface area contributed by atoms with Crippen LogP contribution in [0.1, 0.15) is 84.0 Å². The molecule has 0 aliphatic carbocycles. The first-order valence-corrected chi connectivity index (χ1v) is 10.4. The molecule has 0 radical (unpaired) electrons. The van der Waals surface area contributed by atoms with Gasteiger partial charge in [0.05, 0.1) is 13.2 Å². The fraction of sp³-hybridized carbons (Fsp3) is 0.773. The summed E-state index contributed by atoms with van der Waals surface area (Å²) in [4.78, 5) is 0. The Kier molecular flexibility index (Phi) is 9.49. The highest BCUT2D eigenvalue weighted by molar-refractivity contribution is 5.09. The van der Waals surface area contributed by atoms with Crippen molar-refractivity contribution in [2.45, 2.75) is 85.0 Å². The molecule has 0 spiro atoms. The molecule has 1 atom stereocenters. The third kappa shape index (κ3) is 7.45. The molecule has 0 bridgehead atoms. The monoisotopic (exact) mass is 348 g/mol. The Morgan fingerprint density at radius 3 is 2.28 bits per heavy atom. The van der Waals surface area contributed by atoms with Crippen molar-refractivity contribution in [2.24, 2.45) is 11.8 Å². The standard InChI is InChI=1S/C22H38NO2/c1-4-6-7-8-9-10-11-20-17-24-22(25-18-20)21-12-14-23(15-13-21)16-19(3)5-2/h12-15,19-20,22H,4-11,16-18H2,1-3H3/q+1.